The maximum Gasteiger partial charge on any atom is 0.144 e. The van der Waals surface area contributed by atoms with Gasteiger partial charge in [-0.05, 0) is 6.42 Å². The first-order chi connectivity index (χ1) is 6.43. The average Bonchev–Trinajstić information content (AvgIpc) is 2.19. The molecule has 1 rings (SSSR count). The molecule has 1 aromatic rings. The van der Waals surface area contributed by atoms with Gasteiger partial charge < -0.3 is 5.32 Å². The Bertz CT molecular complexity index is 211. The van der Waals surface area contributed by atoms with Crippen LogP contribution in [0.15, 0.2) is 18.6 Å². The van der Waals surface area contributed by atoms with E-state index >= 15 is 0 Å². The highest BCUT2D eigenvalue weighted by molar-refractivity contribution is 5.29. The van der Waals surface area contributed by atoms with Crippen LogP contribution < -0.4 is 5.32 Å². The summed E-state index contributed by atoms with van der Waals surface area (Å²) < 4.78 is 0. The Balaban J connectivity index is 2.07. The summed E-state index contributed by atoms with van der Waals surface area (Å²) in [6, 6.07) is 0. The molecule has 1 N–H and O–H groups in total. The summed E-state index contributed by atoms with van der Waals surface area (Å²) in [7, 11) is 0. The minimum Gasteiger partial charge on any atom is -0.369 e. The van der Waals surface area contributed by atoms with Gasteiger partial charge in [-0.3, -0.25) is 4.98 Å². The van der Waals surface area contributed by atoms with Crippen molar-refractivity contribution in [3.63, 3.8) is 0 Å². The van der Waals surface area contributed by atoms with Gasteiger partial charge in [0.1, 0.15) is 5.82 Å². The third-order valence-electron chi connectivity index (χ3n) is 1.90. The van der Waals surface area contributed by atoms with Crippen LogP contribution in [0.2, 0.25) is 0 Å². The SMILES string of the molecule is CCCCCCNc1cnccn1. The molecule has 0 aromatic carbocycles. The maximum absolute atomic E-state index is 4.12. The first-order valence-electron chi connectivity index (χ1n) is 4.93. The Morgan fingerprint density at radius 2 is 2.15 bits per heavy atom. The second-order valence-corrected chi connectivity index (χ2v) is 3.08. The van der Waals surface area contributed by atoms with Crippen LogP contribution in [0.4, 0.5) is 5.82 Å². The van der Waals surface area contributed by atoms with Crippen LogP contribution >= 0.6 is 0 Å². The molecular formula is C10H17N3. The first-order valence-corrected chi connectivity index (χ1v) is 4.93. The van der Waals surface area contributed by atoms with E-state index in [2.05, 4.69) is 22.2 Å². The number of anilines is 1. The van der Waals surface area contributed by atoms with E-state index in [4.69, 9.17) is 0 Å². The summed E-state index contributed by atoms with van der Waals surface area (Å²) in [5, 5.41) is 3.23. The van der Waals surface area contributed by atoms with Crippen molar-refractivity contribution < 1.29 is 0 Å². The minimum absolute atomic E-state index is 0.874. The number of nitrogens with one attached hydrogen (secondary N) is 1. The summed E-state index contributed by atoms with van der Waals surface area (Å²) in [6.07, 6.45) is 10.2. The number of aromatic nitrogens is 2. The minimum atomic E-state index is 0.874. The van der Waals surface area contributed by atoms with Gasteiger partial charge in [0, 0.05) is 18.9 Å². The third kappa shape index (κ3) is 4.45. The van der Waals surface area contributed by atoms with Gasteiger partial charge in [0.15, 0.2) is 0 Å². The summed E-state index contributed by atoms with van der Waals surface area (Å²) >= 11 is 0. The Labute approximate surface area is 79.6 Å². The van der Waals surface area contributed by atoms with Gasteiger partial charge in [-0.2, -0.15) is 0 Å². The molecule has 0 unspecified atom stereocenters. The number of rotatable bonds is 6. The normalized spacial score (nSPS) is 9.92. The zero-order chi connectivity index (χ0) is 9.36. The number of hydrogen-bond donors (Lipinski definition) is 1. The van der Waals surface area contributed by atoms with E-state index in [1.165, 1.54) is 25.7 Å². The summed E-state index contributed by atoms with van der Waals surface area (Å²) in [5.41, 5.74) is 0. The van der Waals surface area contributed by atoms with Crippen molar-refractivity contribution in [2.75, 3.05) is 11.9 Å². The zero-order valence-electron chi connectivity index (χ0n) is 8.16. The molecule has 3 nitrogen and oxygen atoms in total. The van der Waals surface area contributed by atoms with Gasteiger partial charge in [0.05, 0.1) is 6.20 Å². The Morgan fingerprint density at radius 1 is 1.23 bits per heavy atom. The lowest BCUT2D eigenvalue weighted by Gasteiger charge is -2.03. The highest BCUT2D eigenvalue weighted by Crippen LogP contribution is 2.01. The molecule has 0 fully saturated rings. The largest absolute Gasteiger partial charge is 0.369 e. The van der Waals surface area contributed by atoms with Crippen LogP contribution in [0.3, 0.4) is 0 Å². The lowest BCUT2D eigenvalue weighted by atomic mass is 10.2. The topological polar surface area (TPSA) is 37.8 Å². The molecule has 0 atom stereocenters. The van der Waals surface area contributed by atoms with E-state index in [0.29, 0.717) is 0 Å². The molecule has 0 aliphatic carbocycles. The lowest BCUT2D eigenvalue weighted by molar-refractivity contribution is 0.684. The molecule has 0 saturated heterocycles. The monoisotopic (exact) mass is 179 g/mol. The molecular weight excluding hydrogens is 162 g/mol. The van der Waals surface area contributed by atoms with Crippen molar-refractivity contribution in [1.29, 1.82) is 0 Å². The van der Waals surface area contributed by atoms with Crippen molar-refractivity contribution in [2.24, 2.45) is 0 Å². The predicted octanol–water partition coefficient (Wildman–Crippen LogP) is 2.47. The second-order valence-electron chi connectivity index (χ2n) is 3.08. The van der Waals surface area contributed by atoms with Crippen molar-refractivity contribution in [3.05, 3.63) is 18.6 Å². The van der Waals surface area contributed by atoms with Crippen LogP contribution in [0.5, 0.6) is 0 Å². The van der Waals surface area contributed by atoms with E-state index in [0.717, 1.165) is 12.4 Å². The van der Waals surface area contributed by atoms with E-state index in [-0.39, 0.29) is 0 Å². The Hall–Kier alpha value is -1.12. The quantitative estimate of drug-likeness (QED) is 0.682. The van der Waals surface area contributed by atoms with Crippen LogP contribution in [-0.4, -0.2) is 16.5 Å². The molecule has 1 heterocycles. The fourth-order valence-electron chi connectivity index (χ4n) is 1.16. The fraction of sp³-hybridized carbons (Fsp3) is 0.600. The summed E-state index contributed by atoms with van der Waals surface area (Å²) in [5.74, 6) is 0.874. The van der Waals surface area contributed by atoms with E-state index < -0.39 is 0 Å². The highest BCUT2D eigenvalue weighted by Gasteiger charge is 1.90. The smallest absolute Gasteiger partial charge is 0.144 e. The molecule has 0 radical (unpaired) electrons. The maximum atomic E-state index is 4.12. The molecule has 72 valence electrons. The van der Waals surface area contributed by atoms with Crippen LogP contribution in [0.25, 0.3) is 0 Å². The Kier molecular flexibility index (Phi) is 4.91. The third-order valence-corrected chi connectivity index (χ3v) is 1.90. The lowest BCUT2D eigenvalue weighted by Crippen LogP contribution is -2.02. The first kappa shape index (κ1) is 9.96. The molecule has 0 bridgehead atoms. The Morgan fingerprint density at radius 3 is 2.85 bits per heavy atom. The summed E-state index contributed by atoms with van der Waals surface area (Å²) in [6.45, 7) is 3.22. The number of nitrogens with zero attached hydrogens (tertiary/aromatic N) is 2. The fourth-order valence-corrected chi connectivity index (χ4v) is 1.16. The predicted molar refractivity (Wildman–Crippen MR) is 54.7 cm³/mol. The van der Waals surface area contributed by atoms with E-state index in [1.54, 1.807) is 18.6 Å². The average molecular weight is 179 g/mol. The molecule has 0 aliphatic heterocycles. The molecule has 0 amide bonds. The molecule has 1 aromatic heterocycles. The molecule has 0 aliphatic rings. The van der Waals surface area contributed by atoms with Gasteiger partial charge >= 0.3 is 0 Å². The van der Waals surface area contributed by atoms with Gasteiger partial charge in [-0.15, -0.1) is 0 Å². The number of unbranched alkanes of at least 4 members (excludes halogenated alkanes) is 3. The number of hydrogen-bond acceptors (Lipinski definition) is 3. The molecule has 0 spiro atoms. The van der Waals surface area contributed by atoms with Crippen molar-refractivity contribution >= 4 is 5.82 Å². The van der Waals surface area contributed by atoms with Gasteiger partial charge in [-0.1, -0.05) is 26.2 Å². The summed E-state index contributed by atoms with van der Waals surface area (Å²) in [4.78, 5) is 8.10. The van der Waals surface area contributed by atoms with E-state index in [1.807, 2.05) is 0 Å². The molecule has 0 saturated carbocycles. The second kappa shape index (κ2) is 6.40. The van der Waals surface area contributed by atoms with Crippen molar-refractivity contribution in [2.45, 2.75) is 32.6 Å². The van der Waals surface area contributed by atoms with Gasteiger partial charge in [0.25, 0.3) is 0 Å². The van der Waals surface area contributed by atoms with Crippen LogP contribution in [0, 0.1) is 0 Å². The highest BCUT2D eigenvalue weighted by atomic mass is 15.0. The molecule has 3 heteroatoms. The zero-order valence-corrected chi connectivity index (χ0v) is 8.16. The van der Waals surface area contributed by atoms with Crippen LogP contribution in [-0.2, 0) is 0 Å². The van der Waals surface area contributed by atoms with E-state index in [9.17, 15) is 0 Å². The van der Waals surface area contributed by atoms with Crippen LogP contribution in [0.1, 0.15) is 32.6 Å². The standard InChI is InChI=1S/C10H17N3/c1-2-3-4-5-6-12-10-9-11-7-8-13-10/h7-9H,2-6H2,1H3,(H,12,13). The van der Waals surface area contributed by atoms with Crippen molar-refractivity contribution in [1.82, 2.24) is 9.97 Å². The van der Waals surface area contributed by atoms with Gasteiger partial charge in [-0.25, -0.2) is 4.98 Å². The molecule has 13 heavy (non-hydrogen) atoms. The van der Waals surface area contributed by atoms with Gasteiger partial charge in [0.2, 0.25) is 0 Å². The van der Waals surface area contributed by atoms with Crippen molar-refractivity contribution in [3.8, 4) is 0 Å².